The van der Waals surface area contributed by atoms with Crippen LogP contribution in [0.2, 0.25) is 0 Å². The van der Waals surface area contributed by atoms with E-state index in [0.717, 1.165) is 27.6 Å². The second-order valence-corrected chi connectivity index (χ2v) is 11.7. The van der Waals surface area contributed by atoms with E-state index in [0.29, 0.717) is 29.2 Å². The number of aromatic nitrogens is 2. The number of hydrogen-bond donors (Lipinski definition) is 4. The van der Waals surface area contributed by atoms with E-state index in [1.807, 2.05) is 25.1 Å². The lowest BCUT2D eigenvalue weighted by Gasteiger charge is -2.31. The molecule has 2 aliphatic rings. The van der Waals surface area contributed by atoms with E-state index < -0.39 is 23.6 Å². The lowest BCUT2D eigenvalue weighted by atomic mass is 9.86. The van der Waals surface area contributed by atoms with Crippen molar-refractivity contribution in [3.8, 4) is 17.1 Å². The summed E-state index contributed by atoms with van der Waals surface area (Å²) in [4.78, 5) is 57.0. The van der Waals surface area contributed by atoms with Crippen LogP contribution in [0.5, 0.6) is 5.75 Å². The Morgan fingerprint density at radius 2 is 1.91 bits per heavy atom. The number of esters is 1. The summed E-state index contributed by atoms with van der Waals surface area (Å²) < 4.78 is 12.5. The van der Waals surface area contributed by atoms with Gasteiger partial charge in [-0.2, -0.15) is 0 Å². The molecule has 0 unspecified atom stereocenters. The van der Waals surface area contributed by atoms with Crippen molar-refractivity contribution in [2.45, 2.75) is 45.2 Å². The third-order valence-corrected chi connectivity index (χ3v) is 8.39. The van der Waals surface area contributed by atoms with Crippen LogP contribution in [0, 0.1) is 0 Å². The van der Waals surface area contributed by atoms with Crippen LogP contribution in [0.1, 0.15) is 46.7 Å². The molecule has 0 bridgehead atoms. The standard InChI is InChI=1S/C34H33N5O8/c1-4-34(44)25-14-27-30-21(16-39(27)31(41)24(25)18-46-32(34)42)13-22-23(17-38(2)3)28(11-10-26(22)36-30)47-33(43)35-15-20-7-5-19(6-8-20)9-12-29(40)37-45/h5-14,44-45H,4,15-18H2,1-3H3,(H,35,43)(H,37,40)/t34-/m0/s1. The van der Waals surface area contributed by atoms with Crippen LogP contribution in [0.15, 0.2) is 59.4 Å². The van der Waals surface area contributed by atoms with Crippen molar-refractivity contribution in [2.24, 2.45) is 0 Å². The van der Waals surface area contributed by atoms with Crippen LogP contribution in [0.25, 0.3) is 28.4 Å². The van der Waals surface area contributed by atoms with Gasteiger partial charge in [0.2, 0.25) is 0 Å². The van der Waals surface area contributed by atoms with Crippen molar-refractivity contribution in [2.75, 3.05) is 14.1 Å². The van der Waals surface area contributed by atoms with Gasteiger partial charge in [-0.1, -0.05) is 31.2 Å². The highest BCUT2D eigenvalue weighted by molar-refractivity contribution is 5.91. The Morgan fingerprint density at radius 3 is 2.62 bits per heavy atom. The molecule has 2 aromatic carbocycles. The maximum atomic E-state index is 13.5. The molecule has 0 saturated carbocycles. The largest absolute Gasteiger partial charge is 0.458 e. The normalized spacial score (nSPS) is 16.5. The number of pyridine rings is 2. The first kappa shape index (κ1) is 31.6. The molecule has 47 heavy (non-hydrogen) atoms. The highest BCUT2D eigenvalue weighted by atomic mass is 16.6. The number of fused-ring (bicyclic) bond motifs is 5. The average Bonchev–Trinajstić information content (AvgIpc) is 3.43. The van der Waals surface area contributed by atoms with Gasteiger partial charge in [0, 0.05) is 41.2 Å². The number of aliphatic hydroxyl groups is 1. The van der Waals surface area contributed by atoms with Gasteiger partial charge in [-0.15, -0.1) is 0 Å². The molecule has 6 rings (SSSR count). The van der Waals surface area contributed by atoms with Crippen LogP contribution < -0.4 is 21.1 Å². The van der Waals surface area contributed by atoms with Crippen molar-refractivity contribution in [1.29, 1.82) is 0 Å². The molecule has 13 nitrogen and oxygen atoms in total. The number of ether oxygens (including phenoxy) is 2. The van der Waals surface area contributed by atoms with Gasteiger partial charge in [-0.3, -0.25) is 14.8 Å². The number of nitrogens with one attached hydrogen (secondary N) is 2. The molecule has 0 fully saturated rings. The predicted molar refractivity (Wildman–Crippen MR) is 170 cm³/mol. The van der Waals surface area contributed by atoms with Crippen LogP contribution in [-0.4, -0.2) is 56.8 Å². The Bertz CT molecular complexity index is 2020. The second kappa shape index (κ2) is 12.4. The van der Waals surface area contributed by atoms with Gasteiger partial charge in [-0.25, -0.2) is 20.1 Å². The molecule has 13 heteroatoms. The number of nitrogens with zero attached hydrogens (tertiary/aromatic N) is 3. The molecule has 0 saturated heterocycles. The topological polar surface area (TPSA) is 172 Å². The Hall–Kier alpha value is -5.37. The summed E-state index contributed by atoms with van der Waals surface area (Å²) in [5, 5.41) is 23.3. The molecule has 2 aromatic heterocycles. The third kappa shape index (κ3) is 5.87. The smallest absolute Gasteiger partial charge is 0.412 e. The summed E-state index contributed by atoms with van der Waals surface area (Å²) >= 11 is 0. The molecule has 4 aromatic rings. The fourth-order valence-electron chi connectivity index (χ4n) is 5.93. The summed E-state index contributed by atoms with van der Waals surface area (Å²) in [6.45, 7) is 2.34. The third-order valence-electron chi connectivity index (χ3n) is 8.39. The Kier molecular flexibility index (Phi) is 8.36. The van der Waals surface area contributed by atoms with Crippen molar-refractivity contribution in [1.82, 2.24) is 25.2 Å². The first-order chi connectivity index (χ1) is 22.5. The summed E-state index contributed by atoms with van der Waals surface area (Å²) in [6.07, 6.45) is 2.15. The molecular formula is C34H33N5O8. The Labute approximate surface area is 269 Å². The second-order valence-electron chi connectivity index (χ2n) is 11.7. The molecule has 0 spiro atoms. The van der Waals surface area contributed by atoms with E-state index in [9.17, 15) is 24.3 Å². The molecular weight excluding hydrogens is 606 g/mol. The van der Waals surface area contributed by atoms with Gasteiger partial charge in [0.05, 0.1) is 29.0 Å². The molecule has 2 amide bonds. The molecule has 0 radical (unpaired) electrons. The van der Waals surface area contributed by atoms with Gasteiger partial charge < -0.3 is 29.4 Å². The fraction of sp³-hybridized carbons (Fsp3) is 0.265. The number of carbonyl (C=O) groups excluding carboxylic acids is 3. The van der Waals surface area contributed by atoms with E-state index >= 15 is 0 Å². The number of hydroxylamine groups is 1. The molecule has 4 heterocycles. The molecule has 2 aliphatic heterocycles. The number of benzene rings is 2. The number of rotatable bonds is 8. The fourth-order valence-corrected chi connectivity index (χ4v) is 5.93. The zero-order chi connectivity index (χ0) is 33.5. The van der Waals surface area contributed by atoms with Gasteiger partial charge in [0.1, 0.15) is 12.4 Å². The van der Waals surface area contributed by atoms with Crippen molar-refractivity contribution < 1.29 is 34.2 Å². The summed E-state index contributed by atoms with van der Waals surface area (Å²) in [6, 6.07) is 14.2. The summed E-state index contributed by atoms with van der Waals surface area (Å²) in [7, 11) is 3.80. The summed E-state index contributed by atoms with van der Waals surface area (Å²) in [5.74, 6) is -1.05. The van der Waals surface area contributed by atoms with E-state index in [1.54, 1.807) is 60.0 Å². The lowest BCUT2D eigenvalue weighted by molar-refractivity contribution is -0.172. The van der Waals surface area contributed by atoms with Gasteiger partial charge in [0.15, 0.2) is 5.60 Å². The SMILES string of the molecule is CC[C@@]1(O)C(=O)OCc2c1cc1n(c2=O)Cc2cc3c(CN(C)C)c(OC(=O)NCc4ccc(C=CC(=O)NO)cc4)ccc3nc2-1. The van der Waals surface area contributed by atoms with E-state index in [4.69, 9.17) is 19.7 Å². The Balaban J connectivity index is 1.27. The quantitative estimate of drug-likeness (QED) is 0.0856. The highest BCUT2D eigenvalue weighted by Gasteiger charge is 2.45. The van der Waals surface area contributed by atoms with Crippen LogP contribution in [-0.2, 0) is 46.2 Å². The number of hydrogen-bond acceptors (Lipinski definition) is 10. The zero-order valence-electron chi connectivity index (χ0n) is 26.0. The van der Waals surface area contributed by atoms with Crippen molar-refractivity contribution >= 4 is 34.9 Å². The van der Waals surface area contributed by atoms with Crippen molar-refractivity contribution in [3.63, 3.8) is 0 Å². The van der Waals surface area contributed by atoms with E-state index in [1.165, 1.54) is 11.6 Å². The van der Waals surface area contributed by atoms with Crippen molar-refractivity contribution in [3.05, 3.63) is 98.3 Å². The molecule has 1 atom stereocenters. The maximum absolute atomic E-state index is 13.5. The molecule has 242 valence electrons. The number of carbonyl (C=O) groups is 3. The summed E-state index contributed by atoms with van der Waals surface area (Å²) in [5.41, 5.74) is 4.58. The minimum Gasteiger partial charge on any atom is -0.458 e. The predicted octanol–water partition coefficient (Wildman–Crippen LogP) is 2.95. The maximum Gasteiger partial charge on any atom is 0.412 e. The van der Waals surface area contributed by atoms with Gasteiger partial charge in [0.25, 0.3) is 11.5 Å². The first-order valence-electron chi connectivity index (χ1n) is 15.0. The number of amides is 2. The number of cyclic esters (lactones) is 1. The van der Waals surface area contributed by atoms with Crippen LogP contribution in [0.4, 0.5) is 4.79 Å². The van der Waals surface area contributed by atoms with Gasteiger partial charge in [-0.05, 0) is 62.0 Å². The molecule has 0 aliphatic carbocycles. The Morgan fingerprint density at radius 1 is 1.15 bits per heavy atom. The highest BCUT2D eigenvalue weighted by Crippen LogP contribution is 2.40. The van der Waals surface area contributed by atoms with Crippen LogP contribution in [0.3, 0.4) is 0 Å². The zero-order valence-corrected chi connectivity index (χ0v) is 26.0. The average molecular weight is 640 g/mol. The van der Waals surface area contributed by atoms with Gasteiger partial charge >= 0.3 is 12.1 Å². The minimum atomic E-state index is -1.91. The van der Waals surface area contributed by atoms with E-state index in [2.05, 4.69) is 5.32 Å². The first-order valence-corrected chi connectivity index (χ1v) is 15.0. The monoisotopic (exact) mass is 639 g/mol. The lowest BCUT2D eigenvalue weighted by Crippen LogP contribution is -2.44. The molecule has 4 N–H and O–H groups in total. The van der Waals surface area contributed by atoms with Crippen LogP contribution >= 0.6 is 0 Å². The van der Waals surface area contributed by atoms with E-state index in [-0.39, 0.29) is 42.8 Å². The minimum absolute atomic E-state index is 0.0568.